The number of nitrogens with zero attached hydrogens (tertiary/aromatic N) is 2. The van der Waals surface area contributed by atoms with Crippen LogP contribution in [0, 0.1) is 17.8 Å². The minimum Gasteiger partial charge on any atom is -0.355 e. The number of amides is 1. The third-order valence-electron chi connectivity index (χ3n) is 4.68. The summed E-state index contributed by atoms with van der Waals surface area (Å²) in [7, 11) is 0. The molecule has 22 heavy (non-hydrogen) atoms. The molecule has 0 aliphatic heterocycles. The van der Waals surface area contributed by atoms with Crippen molar-refractivity contribution in [2.45, 2.75) is 19.3 Å². The molecule has 114 valence electrons. The zero-order valence-electron chi connectivity index (χ0n) is 12.3. The molecule has 4 rings (SSSR count). The number of rotatable bonds is 5. The second-order valence-electron chi connectivity index (χ2n) is 6.23. The fraction of sp³-hybridized carbons (Fsp3) is 0.412. The lowest BCUT2D eigenvalue weighted by Crippen LogP contribution is -2.32. The van der Waals surface area contributed by atoms with Gasteiger partial charge in [0.15, 0.2) is 5.13 Å². The summed E-state index contributed by atoms with van der Waals surface area (Å²) < 4.78 is 1.97. The van der Waals surface area contributed by atoms with Gasteiger partial charge in [-0.25, -0.2) is 4.98 Å². The zero-order chi connectivity index (χ0) is 14.9. The summed E-state index contributed by atoms with van der Waals surface area (Å²) in [6, 6.07) is 3.94. The van der Waals surface area contributed by atoms with Gasteiger partial charge in [-0.05, 0) is 42.7 Å². The van der Waals surface area contributed by atoms with E-state index in [1.165, 1.54) is 12.8 Å². The van der Waals surface area contributed by atoms with Crippen LogP contribution in [0.15, 0.2) is 42.1 Å². The average molecular weight is 313 g/mol. The van der Waals surface area contributed by atoms with Crippen molar-refractivity contribution in [3.05, 3.63) is 47.8 Å². The Hall–Kier alpha value is -1.88. The van der Waals surface area contributed by atoms with Crippen molar-refractivity contribution in [3.63, 3.8) is 0 Å². The van der Waals surface area contributed by atoms with Crippen LogP contribution >= 0.6 is 11.3 Å². The molecule has 0 radical (unpaired) electrons. The molecule has 5 heteroatoms. The van der Waals surface area contributed by atoms with Crippen LogP contribution < -0.4 is 5.32 Å². The maximum absolute atomic E-state index is 12.1. The Bertz CT molecular complexity index is 689. The van der Waals surface area contributed by atoms with Gasteiger partial charge in [0.25, 0.3) is 0 Å². The summed E-state index contributed by atoms with van der Waals surface area (Å²) in [4.78, 5) is 16.6. The molecule has 0 unspecified atom stereocenters. The molecule has 1 saturated carbocycles. The summed E-state index contributed by atoms with van der Waals surface area (Å²) in [5.74, 6) is 2.15. The number of allylic oxidation sites excluding steroid dienone is 2. The second kappa shape index (κ2) is 5.72. The van der Waals surface area contributed by atoms with Gasteiger partial charge in [0.05, 0.1) is 12.1 Å². The van der Waals surface area contributed by atoms with Crippen molar-refractivity contribution >= 4 is 17.2 Å². The number of thiazole rings is 1. The number of carbonyl (C=O) groups excluding carboxylic acids is 1. The van der Waals surface area contributed by atoms with E-state index in [4.69, 9.17) is 0 Å². The molecular weight excluding hydrogens is 294 g/mol. The Morgan fingerprint density at radius 3 is 2.91 bits per heavy atom. The van der Waals surface area contributed by atoms with Crippen molar-refractivity contribution in [2.75, 3.05) is 6.54 Å². The molecule has 1 fully saturated rings. The van der Waals surface area contributed by atoms with Gasteiger partial charge in [-0.1, -0.05) is 12.2 Å². The van der Waals surface area contributed by atoms with E-state index in [0.29, 0.717) is 18.3 Å². The van der Waals surface area contributed by atoms with E-state index in [1.807, 2.05) is 34.5 Å². The van der Waals surface area contributed by atoms with Crippen molar-refractivity contribution in [2.24, 2.45) is 17.8 Å². The standard InChI is InChI=1S/C17H19N3OS/c21-16(18-10-14-8-12-3-4-13(14)7-12)9-15-11-22-17(19-15)20-5-1-2-6-20/h1-6,11-14H,7-10H2,(H,18,21)/t12-,13-,14-/m0/s1. The summed E-state index contributed by atoms with van der Waals surface area (Å²) in [6.45, 7) is 0.804. The second-order valence-corrected chi connectivity index (χ2v) is 7.07. The first-order chi connectivity index (χ1) is 10.8. The summed E-state index contributed by atoms with van der Waals surface area (Å²) in [5, 5.41) is 5.96. The Morgan fingerprint density at radius 1 is 1.32 bits per heavy atom. The average Bonchev–Trinajstić information content (AvgIpc) is 3.27. The smallest absolute Gasteiger partial charge is 0.226 e. The lowest BCUT2D eigenvalue weighted by Gasteiger charge is -2.18. The van der Waals surface area contributed by atoms with Crippen molar-refractivity contribution < 1.29 is 4.79 Å². The van der Waals surface area contributed by atoms with Gasteiger partial charge in [-0.15, -0.1) is 11.3 Å². The van der Waals surface area contributed by atoms with Crippen molar-refractivity contribution in [1.29, 1.82) is 0 Å². The molecular formula is C17H19N3OS. The first kappa shape index (κ1) is 13.8. The fourth-order valence-corrected chi connectivity index (χ4v) is 4.35. The van der Waals surface area contributed by atoms with E-state index in [-0.39, 0.29) is 5.91 Å². The summed E-state index contributed by atoms with van der Waals surface area (Å²) >= 11 is 1.57. The lowest BCUT2D eigenvalue weighted by molar-refractivity contribution is -0.120. The van der Waals surface area contributed by atoms with Crippen LogP contribution in [0.25, 0.3) is 5.13 Å². The molecule has 0 saturated heterocycles. The molecule has 2 bridgehead atoms. The first-order valence-electron chi connectivity index (χ1n) is 7.81. The van der Waals surface area contributed by atoms with Crippen LogP contribution in [0.4, 0.5) is 0 Å². The van der Waals surface area contributed by atoms with Gasteiger partial charge >= 0.3 is 0 Å². The van der Waals surface area contributed by atoms with E-state index >= 15 is 0 Å². The van der Waals surface area contributed by atoms with Crippen LogP contribution in [0.1, 0.15) is 18.5 Å². The van der Waals surface area contributed by atoms with E-state index in [0.717, 1.165) is 23.3 Å². The molecule has 1 amide bonds. The molecule has 2 aromatic rings. The highest BCUT2D eigenvalue weighted by molar-refractivity contribution is 7.12. The van der Waals surface area contributed by atoms with Crippen molar-refractivity contribution in [3.8, 4) is 5.13 Å². The van der Waals surface area contributed by atoms with Gasteiger partial charge in [0, 0.05) is 24.3 Å². The van der Waals surface area contributed by atoms with Gasteiger partial charge in [-0.3, -0.25) is 4.79 Å². The minimum atomic E-state index is 0.0797. The Balaban J connectivity index is 1.30. The number of fused-ring (bicyclic) bond motifs is 2. The SMILES string of the molecule is O=C(Cc1csc(-n2cccc2)n1)NC[C@@H]1C[C@H]2C=C[C@H]1C2. The highest BCUT2D eigenvalue weighted by Crippen LogP contribution is 2.42. The van der Waals surface area contributed by atoms with Crippen LogP contribution in [0.3, 0.4) is 0 Å². The number of nitrogens with one attached hydrogen (secondary N) is 1. The number of carbonyl (C=O) groups is 1. The molecule has 3 atom stereocenters. The molecule has 4 nitrogen and oxygen atoms in total. The summed E-state index contributed by atoms with van der Waals surface area (Å²) in [5.41, 5.74) is 0.846. The summed E-state index contributed by atoms with van der Waals surface area (Å²) in [6.07, 6.45) is 11.5. The van der Waals surface area contributed by atoms with Crippen LogP contribution in [-0.4, -0.2) is 22.0 Å². The molecule has 2 aliphatic rings. The number of aromatic nitrogens is 2. The minimum absolute atomic E-state index is 0.0797. The lowest BCUT2D eigenvalue weighted by atomic mass is 9.93. The van der Waals surface area contributed by atoms with E-state index in [1.54, 1.807) is 11.3 Å². The maximum Gasteiger partial charge on any atom is 0.226 e. The molecule has 0 aromatic carbocycles. The predicted octanol–water partition coefficient (Wildman–Crippen LogP) is 2.80. The third-order valence-corrected chi connectivity index (χ3v) is 5.59. The normalized spacial score (nSPS) is 25.7. The molecule has 2 heterocycles. The Kier molecular flexibility index (Phi) is 3.58. The van der Waals surface area contributed by atoms with Crippen molar-refractivity contribution in [1.82, 2.24) is 14.9 Å². The van der Waals surface area contributed by atoms with Gasteiger partial charge in [-0.2, -0.15) is 0 Å². The largest absolute Gasteiger partial charge is 0.355 e. The zero-order valence-corrected chi connectivity index (χ0v) is 13.1. The van der Waals surface area contributed by atoms with E-state index < -0.39 is 0 Å². The quantitative estimate of drug-likeness (QED) is 0.863. The van der Waals surface area contributed by atoms with Crippen LogP contribution in [-0.2, 0) is 11.2 Å². The highest BCUT2D eigenvalue weighted by atomic mass is 32.1. The monoisotopic (exact) mass is 313 g/mol. The highest BCUT2D eigenvalue weighted by Gasteiger charge is 2.35. The van der Waals surface area contributed by atoms with E-state index in [9.17, 15) is 4.79 Å². The fourth-order valence-electron chi connectivity index (χ4n) is 3.56. The number of hydrogen-bond donors (Lipinski definition) is 1. The Morgan fingerprint density at radius 2 is 2.18 bits per heavy atom. The van der Waals surface area contributed by atoms with Crippen LogP contribution in [0.5, 0.6) is 0 Å². The topological polar surface area (TPSA) is 46.9 Å². The van der Waals surface area contributed by atoms with Gasteiger partial charge in [0.1, 0.15) is 0 Å². The molecule has 0 spiro atoms. The maximum atomic E-state index is 12.1. The van der Waals surface area contributed by atoms with Gasteiger partial charge < -0.3 is 9.88 Å². The molecule has 2 aliphatic carbocycles. The molecule has 1 N–H and O–H groups in total. The predicted molar refractivity (Wildman–Crippen MR) is 87.0 cm³/mol. The molecule has 2 aromatic heterocycles. The first-order valence-corrected chi connectivity index (χ1v) is 8.68. The van der Waals surface area contributed by atoms with E-state index in [2.05, 4.69) is 22.5 Å². The number of hydrogen-bond acceptors (Lipinski definition) is 3. The Labute approximate surface area is 133 Å². The van der Waals surface area contributed by atoms with Crippen LogP contribution in [0.2, 0.25) is 0 Å². The third kappa shape index (κ3) is 2.73. The van der Waals surface area contributed by atoms with Gasteiger partial charge in [0.2, 0.25) is 5.91 Å².